The molecule has 4 nitrogen and oxygen atoms in total. The van der Waals surface area contributed by atoms with E-state index in [2.05, 4.69) is 15.3 Å². The zero-order chi connectivity index (χ0) is 17.3. The highest BCUT2D eigenvalue weighted by Gasteiger charge is 2.45. The second-order valence-electron chi connectivity index (χ2n) is 6.65. The normalized spacial score (nSPS) is 15.7. The van der Waals surface area contributed by atoms with Crippen LogP contribution in [0.5, 0.6) is 0 Å². The minimum atomic E-state index is -0.573. The lowest BCUT2D eigenvalue weighted by Crippen LogP contribution is -2.49. The zero-order valence-corrected chi connectivity index (χ0v) is 13.9. The van der Waals surface area contributed by atoms with Gasteiger partial charge in [-0.3, -0.25) is 4.79 Å². The number of halogens is 1. The average molecular weight is 337 g/mol. The van der Waals surface area contributed by atoms with Crippen LogP contribution in [0.3, 0.4) is 0 Å². The van der Waals surface area contributed by atoms with E-state index in [1.165, 1.54) is 12.1 Å². The Kier molecular flexibility index (Phi) is 3.99. The van der Waals surface area contributed by atoms with Crippen LogP contribution >= 0.6 is 0 Å². The van der Waals surface area contributed by atoms with Crippen molar-refractivity contribution in [1.29, 1.82) is 0 Å². The fourth-order valence-electron chi connectivity index (χ4n) is 3.55. The predicted octanol–water partition coefficient (Wildman–Crippen LogP) is 3.48. The molecule has 0 radical (unpaired) electrons. The van der Waals surface area contributed by atoms with Gasteiger partial charge in [-0.25, -0.2) is 9.37 Å². The number of amides is 1. The fourth-order valence-corrected chi connectivity index (χ4v) is 3.55. The molecule has 0 atom stereocenters. The van der Waals surface area contributed by atoms with Gasteiger partial charge in [0.15, 0.2) is 0 Å². The van der Waals surface area contributed by atoms with Crippen molar-refractivity contribution in [3.63, 3.8) is 0 Å². The summed E-state index contributed by atoms with van der Waals surface area (Å²) < 4.78 is 13.6. The highest BCUT2D eigenvalue weighted by molar-refractivity contribution is 5.89. The lowest BCUT2D eigenvalue weighted by molar-refractivity contribution is -0.129. The number of aromatic amines is 1. The molecule has 1 aliphatic carbocycles. The summed E-state index contributed by atoms with van der Waals surface area (Å²) >= 11 is 0. The molecule has 1 aliphatic rings. The number of benzene rings is 2. The highest BCUT2D eigenvalue weighted by Crippen LogP contribution is 2.44. The number of para-hydroxylation sites is 2. The Hall–Kier alpha value is -2.69. The van der Waals surface area contributed by atoms with Crippen LogP contribution in [0.2, 0.25) is 0 Å². The Balaban J connectivity index is 1.42. The minimum absolute atomic E-state index is 0.0135. The molecule has 2 aromatic carbocycles. The summed E-state index contributed by atoms with van der Waals surface area (Å²) in [5, 5.41) is 3.01. The minimum Gasteiger partial charge on any atom is -0.355 e. The molecule has 25 heavy (non-hydrogen) atoms. The van der Waals surface area contributed by atoms with Crippen LogP contribution in [-0.4, -0.2) is 22.4 Å². The monoisotopic (exact) mass is 337 g/mol. The predicted molar refractivity (Wildman–Crippen MR) is 94.7 cm³/mol. The van der Waals surface area contributed by atoms with Gasteiger partial charge in [0.1, 0.15) is 11.6 Å². The molecule has 0 unspecified atom stereocenters. The molecule has 5 heteroatoms. The maximum atomic E-state index is 13.6. The van der Waals surface area contributed by atoms with E-state index in [0.717, 1.165) is 41.7 Å². The van der Waals surface area contributed by atoms with Crippen molar-refractivity contribution in [2.45, 2.75) is 31.1 Å². The molecule has 1 aromatic heterocycles. The first-order valence-electron chi connectivity index (χ1n) is 8.65. The van der Waals surface area contributed by atoms with Gasteiger partial charge < -0.3 is 10.3 Å². The SMILES string of the molecule is O=C(NCCc1nc2ccccc2[nH]1)C1(c2cccc(F)c2)CCC1. The molecule has 0 spiro atoms. The summed E-state index contributed by atoms with van der Waals surface area (Å²) in [6, 6.07) is 14.3. The van der Waals surface area contributed by atoms with Gasteiger partial charge >= 0.3 is 0 Å². The van der Waals surface area contributed by atoms with Gasteiger partial charge in [0.25, 0.3) is 0 Å². The quantitative estimate of drug-likeness (QED) is 0.749. The molecule has 3 aromatic rings. The van der Waals surface area contributed by atoms with Crippen LogP contribution in [0, 0.1) is 5.82 Å². The highest BCUT2D eigenvalue weighted by atomic mass is 19.1. The van der Waals surface area contributed by atoms with Gasteiger partial charge in [-0.1, -0.05) is 30.7 Å². The Bertz CT molecular complexity index is 881. The molecule has 1 heterocycles. The molecule has 1 saturated carbocycles. The third-order valence-corrected chi connectivity index (χ3v) is 5.10. The van der Waals surface area contributed by atoms with Gasteiger partial charge in [0, 0.05) is 13.0 Å². The molecule has 1 amide bonds. The second-order valence-corrected chi connectivity index (χ2v) is 6.65. The molecule has 128 valence electrons. The van der Waals surface area contributed by atoms with E-state index < -0.39 is 5.41 Å². The van der Waals surface area contributed by atoms with E-state index in [-0.39, 0.29) is 11.7 Å². The third kappa shape index (κ3) is 2.90. The van der Waals surface area contributed by atoms with Crippen LogP contribution in [0.25, 0.3) is 11.0 Å². The largest absolute Gasteiger partial charge is 0.355 e. The topological polar surface area (TPSA) is 57.8 Å². The van der Waals surface area contributed by atoms with Crippen molar-refractivity contribution in [3.05, 3.63) is 65.7 Å². The summed E-state index contributed by atoms with van der Waals surface area (Å²) in [6.07, 6.45) is 3.17. The van der Waals surface area contributed by atoms with Gasteiger partial charge in [0.2, 0.25) is 5.91 Å². The van der Waals surface area contributed by atoms with Crippen LogP contribution in [0.4, 0.5) is 4.39 Å². The Morgan fingerprint density at radius 3 is 2.76 bits per heavy atom. The first-order chi connectivity index (χ1) is 12.2. The molecule has 4 rings (SSSR count). The maximum absolute atomic E-state index is 13.6. The van der Waals surface area contributed by atoms with E-state index in [4.69, 9.17) is 0 Å². The number of carbonyl (C=O) groups excluding carboxylic acids is 1. The van der Waals surface area contributed by atoms with Crippen molar-refractivity contribution >= 4 is 16.9 Å². The lowest BCUT2D eigenvalue weighted by Gasteiger charge is -2.40. The first kappa shape index (κ1) is 15.8. The number of nitrogens with zero attached hydrogens (tertiary/aromatic N) is 1. The average Bonchev–Trinajstić information content (AvgIpc) is 2.96. The summed E-state index contributed by atoms with van der Waals surface area (Å²) in [4.78, 5) is 20.5. The Morgan fingerprint density at radius 1 is 1.20 bits per heavy atom. The van der Waals surface area contributed by atoms with E-state index in [9.17, 15) is 9.18 Å². The molecule has 2 N–H and O–H groups in total. The van der Waals surface area contributed by atoms with Crippen molar-refractivity contribution in [2.75, 3.05) is 6.54 Å². The van der Waals surface area contributed by atoms with Gasteiger partial charge in [-0.2, -0.15) is 0 Å². The molecule has 1 fully saturated rings. The van der Waals surface area contributed by atoms with Crippen molar-refractivity contribution in [3.8, 4) is 0 Å². The lowest BCUT2D eigenvalue weighted by atomic mass is 9.64. The van der Waals surface area contributed by atoms with Crippen LogP contribution < -0.4 is 5.32 Å². The summed E-state index contributed by atoms with van der Waals surface area (Å²) in [6.45, 7) is 0.510. The first-order valence-corrected chi connectivity index (χ1v) is 8.65. The van der Waals surface area contributed by atoms with Crippen molar-refractivity contribution in [1.82, 2.24) is 15.3 Å². The number of nitrogens with one attached hydrogen (secondary N) is 2. The number of fused-ring (bicyclic) bond motifs is 1. The number of carbonyl (C=O) groups is 1. The molecule has 0 bridgehead atoms. The molecule has 0 saturated heterocycles. The Labute approximate surface area is 145 Å². The van der Waals surface area contributed by atoms with Crippen LogP contribution in [0.1, 0.15) is 30.7 Å². The maximum Gasteiger partial charge on any atom is 0.230 e. The molecular weight excluding hydrogens is 317 g/mol. The standard InChI is InChI=1S/C20H20FN3O/c21-15-6-3-5-14(13-15)20(10-4-11-20)19(25)22-12-9-18-23-16-7-1-2-8-17(16)24-18/h1-3,5-8,13H,4,9-12H2,(H,22,25)(H,23,24). The number of H-pyrrole nitrogens is 1. The molecule has 0 aliphatic heterocycles. The van der Waals surface area contributed by atoms with Crippen LogP contribution in [0.15, 0.2) is 48.5 Å². The van der Waals surface area contributed by atoms with Gasteiger partial charge in [-0.15, -0.1) is 0 Å². The van der Waals surface area contributed by atoms with Crippen LogP contribution in [-0.2, 0) is 16.6 Å². The fraction of sp³-hybridized carbons (Fsp3) is 0.300. The van der Waals surface area contributed by atoms with E-state index in [1.807, 2.05) is 30.3 Å². The van der Waals surface area contributed by atoms with Gasteiger partial charge in [0.05, 0.1) is 16.4 Å². The zero-order valence-electron chi connectivity index (χ0n) is 13.9. The summed E-state index contributed by atoms with van der Waals surface area (Å²) in [5.74, 6) is 0.550. The third-order valence-electron chi connectivity index (χ3n) is 5.10. The van der Waals surface area contributed by atoms with Gasteiger partial charge in [-0.05, 0) is 42.7 Å². The number of imidazole rings is 1. The smallest absolute Gasteiger partial charge is 0.230 e. The summed E-state index contributed by atoms with van der Waals surface area (Å²) in [7, 11) is 0. The number of hydrogen-bond acceptors (Lipinski definition) is 2. The molecular formula is C20H20FN3O. The Morgan fingerprint density at radius 2 is 2.04 bits per heavy atom. The van der Waals surface area contributed by atoms with E-state index >= 15 is 0 Å². The summed E-state index contributed by atoms with van der Waals surface area (Å²) in [5.41, 5.74) is 2.13. The number of hydrogen-bond donors (Lipinski definition) is 2. The van der Waals surface area contributed by atoms with E-state index in [0.29, 0.717) is 13.0 Å². The second kappa shape index (κ2) is 6.31. The van der Waals surface area contributed by atoms with Crippen molar-refractivity contribution < 1.29 is 9.18 Å². The number of rotatable bonds is 5. The van der Waals surface area contributed by atoms with Crippen molar-refractivity contribution in [2.24, 2.45) is 0 Å². The number of aromatic nitrogens is 2. The van der Waals surface area contributed by atoms with E-state index in [1.54, 1.807) is 6.07 Å².